The standard InChI is InChI=1S/C27H27IN2O7S/c1-5-13-36-23-12-9-20(16-24(23)35-6-2)27(31)30-29-17-19-14-22(28)26(25(15-19)34-4)37-38(32,33)21-10-7-18(3)8-11-21/h5,7-12,14-17H,1,6,13H2,2-4H3,(H,30,31)/b29-17+. The molecule has 0 saturated heterocycles. The largest absolute Gasteiger partial charge is 0.493 e. The van der Waals surface area contributed by atoms with Crippen molar-refractivity contribution in [1.82, 2.24) is 5.43 Å². The molecule has 0 fully saturated rings. The molecule has 3 aromatic carbocycles. The highest BCUT2D eigenvalue weighted by atomic mass is 127. The highest BCUT2D eigenvalue weighted by Gasteiger charge is 2.22. The first kappa shape index (κ1) is 29.0. The van der Waals surface area contributed by atoms with Crippen LogP contribution in [0.4, 0.5) is 0 Å². The van der Waals surface area contributed by atoms with Crippen LogP contribution in [0.15, 0.2) is 77.2 Å². The van der Waals surface area contributed by atoms with Crippen molar-refractivity contribution in [2.24, 2.45) is 5.10 Å². The number of aryl methyl sites for hydroxylation is 1. The number of halogens is 1. The number of hydrogen-bond donors (Lipinski definition) is 1. The molecule has 1 N–H and O–H groups in total. The van der Waals surface area contributed by atoms with E-state index in [1.54, 1.807) is 48.5 Å². The first-order valence-corrected chi connectivity index (χ1v) is 13.9. The average molecular weight is 650 g/mol. The molecule has 9 nitrogen and oxygen atoms in total. The van der Waals surface area contributed by atoms with Crippen LogP contribution in [0, 0.1) is 10.5 Å². The van der Waals surface area contributed by atoms with Crippen LogP contribution in [0.1, 0.15) is 28.4 Å². The Morgan fingerprint density at radius 2 is 1.79 bits per heavy atom. The number of methoxy groups -OCH3 is 1. The van der Waals surface area contributed by atoms with Crippen molar-refractivity contribution in [3.05, 3.63) is 87.5 Å². The van der Waals surface area contributed by atoms with Crippen LogP contribution in [-0.4, -0.2) is 40.9 Å². The van der Waals surface area contributed by atoms with Gasteiger partial charge < -0.3 is 18.4 Å². The van der Waals surface area contributed by atoms with Crippen LogP contribution in [0.25, 0.3) is 0 Å². The van der Waals surface area contributed by atoms with Crippen molar-refractivity contribution >= 4 is 44.8 Å². The molecule has 200 valence electrons. The lowest BCUT2D eigenvalue weighted by atomic mass is 10.2. The molecule has 11 heteroatoms. The van der Waals surface area contributed by atoms with Crippen LogP contribution in [0.5, 0.6) is 23.0 Å². The zero-order chi connectivity index (χ0) is 27.7. The summed E-state index contributed by atoms with van der Waals surface area (Å²) in [6, 6.07) is 14.3. The van der Waals surface area contributed by atoms with Gasteiger partial charge in [-0.15, -0.1) is 0 Å². The molecule has 38 heavy (non-hydrogen) atoms. The summed E-state index contributed by atoms with van der Waals surface area (Å²) in [7, 11) is -2.67. The topological polar surface area (TPSA) is 113 Å². The molecule has 0 atom stereocenters. The average Bonchev–Trinajstić information content (AvgIpc) is 2.89. The number of nitrogens with zero attached hydrogens (tertiary/aromatic N) is 1. The van der Waals surface area contributed by atoms with Crippen LogP contribution in [0.2, 0.25) is 0 Å². The number of carbonyl (C=O) groups is 1. The lowest BCUT2D eigenvalue weighted by Gasteiger charge is -2.13. The number of rotatable bonds is 12. The number of carbonyl (C=O) groups excluding carboxylic acids is 1. The molecule has 0 heterocycles. The molecule has 0 aromatic heterocycles. The summed E-state index contributed by atoms with van der Waals surface area (Å²) in [4.78, 5) is 12.7. The summed E-state index contributed by atoms with van der Waals surface area (Å²) >= 11 is 1.95. The third kappa shape index (κ3) is 7.48. The van der Waals surface area contributed by atoms with E-state index in [1.807, 2.05) is 36.4 Å². The SMILES string of the molecule is C=CCOc1ccc(C(=O)N/N=C/c2cc(I)c(OS(=O)(=O)c3ccc(C)cc3)c(OC)c2)cc1OCC. The first-order valence-electron chi connectivity index (χ1n) is 11.4. The summed E-state index contributed by atoms with van der Waals surface area (Å²) in [5, 5.41) is 4.01. The molecule has 0 aliphatic carbocycles. The Morgan fingerprint density at radius 3 is 2.45 bits per heavy atom. The number of hydrazone groups is 1. The third-order valence-corrected chi connectivity index (χ3v) is 7.03. The number of hydrogen-bond acceptors (Lipinski definition) is 8. The second kappa shape index (κ2) is 13.3. The van der Waals surface area contributed by atoms with Gasteiger partial charge in [-0.25, -0.2) is 5.43 Å². The Bertz CT molecular complexity index is 1440. The van der Waals surface area contributed by atoms with Crippen molar-refractivity contribution < 1.29 is 31.6 Å². The molecule has 0 radical (unpaired) electrons. The van der Waals surface area contributed by atoms with Crippen molar-refractivity contribution in [1.29, 1.82) is 0 Å². The van der Waals surface area contributed by atoms with E-state index in [4.69, 9.17) is 18.4 Å². The predicted molar refractivity (Wildman–Crippen MR) is 153 cm³/mol. The van der Waals surface area contributed by atoms with Gasteiger partial charge in [0.15, 0.2) is 23.0 Å². The van der Waals surface area contributed by atoms with Gasteiger partial charge in [0.05, 0.1) is 23.5 Å². The quantitative estimate of drug-likeness (QED) is 0.0955. The Morgan fingerprint density at radius 1 is 1.05 bits per heavy atom. The van der Waals surface area contributed by atoms with E-state index in [2.05, 4.69) is 17.1 Å². The van der Waals surface area contributed by atoms with Gasteiger partial charge in [0.2, 0.25) is 0 Å². The van der Waals surface area contributed by atoms with Gasteiger partial charge in [0.1, 0.15) is 11.5 Å². The lowest BCUT2D eigenvalue weighted by molar-refractivity contribution is 0.0954. The second-order valence-electron chi connectivity index (χ2n) is 7.78. The lowest BCUT2D eigenvalue weighted by Crippen LogP contribution is -2.18. The van der Waals surface area contributed by atoms with E-state index < -0.39 is 16.0 Å². The van der Waals surface area contributed by atoms with Gasteiger partial charge in [0, 0.05) is 5.56 Å². The van der Waals surface area contributed by atoms with E-state index in [0.717, 1.165) is 5.56 Å². The maximum Gasteiger partial charge on any atom is 0.339 e. The predicted octanol–water partition coefficient (Wildman–Crippen LogP) is 5.10. The van der Waals surface area contributed by atoms with Crippen molar-refractivity contribution in [3.63, 3.8) is 0 Å². The van der Waals surface area contributed by atoms with Crippen molar-refractivity contribution in [2.45, 2.75) is 18.7 Å². The maximum absolute atomic E-state index is 12.8. The Balaban J connectivity index is 1.75. The van der Waals surface area contributed by atoms with Gasteiger partial charge >= 0.3 is 10.1 Å². The van der Waals surface area contributed by atoms with Crippen LogP contribution < -0.4 is 23.8 Å². The highest BCUT2D eigenvalue weighted by Crippen LogP contribution is 2.35. The summed E-state index contributed by atoms with van der Waals surface area (Å²) in [5.74, 6) is 0.721. The molecule has 3 aromatic rings. The molecule has 0 aliphatic heterocycles. The van der Waals surface area contributed by atoms with Crippen LogP contribution >= 0.6 is 22.6 Å². The summed E-state index contributed by atoms with van der Waals surface area (Å²) in [6.07, 6.45) is 3.02. The monoisotopic (exact) mass is 650 g/mol. The van der Waals surface area contributed by atoms with Crippen molar-refractivity contribution in [3.8, 4) is 23.0 Å². The maximum atomic E-state index is 12.8. The molecule has 1 amide bonds. The Hall–Kier alpha value is -3.58. The number of amides is 1. The van der Waals surface area contributed by atoms with E-state index in [-0.39, 0.29) is 16.4 Å². The number of ether oxygens (including phenoxy) is 3. The fourth-order valence-corrected chi connectivity index (χ4v) is 5.02. The van der Waals surface area contributed by atoms with Gasteiger partial charge in [0.25, 0.3) is 5.91 Å². The molecule has 0 unspecified atom stereocenters. The van der Waals surface area contributed by atoms with E-state index in [0.29, 0.717) is 39.4 Å². The van der Waals surface area contributed by atoms with Crippen molar-refractivity contribution in [2.75, 3.05) is 20.3 Å². The Kier molecular flexibility index (Phi) is 10.1. The zero-order valence-electron chi connectivity index (χ0n) is 21.1. The minimum atomic E-state index is -4.07. The second-order valence-corrected chi connectivity index (χ2v) is 10.5. The van der Waals surface area contributed by atoms with Gasteiger partial charge in [-0.05, 0) is 84.5 Å². The van der Waals surface area contributed by atoms with Crippen LogP contribution in [0.3, 0.4) is 0 Å². The van der Waals surface area contributed by atoms with Gasteiger partial charge in [-0.1, -0.05) is 30.4 Å². The van der Waals surface area contributed by atoms with E-state index in [1.165, 1.54) is 25.5 Å². The smallest absolute Gasteiger partial charge is 0.339 e. The molecular weight excluding hydrogens is 623 g/mol. The summed E-state index contributed by atoms with van der Waals surface area (Å²) in [5.41, 5.74) is 4.27. The van der Waals surface area contributed by atoms with Gasteiger partial charge in [-0.3, -0.25) is 4.79 Å². The van der Waals surface area contributed by atoms with E-state index in [9.17, 15) is 13.2 Å². The minimum absolute atomic E-state index is 0.0297. The molecule has 0 bridgehead atoms. The summed E-state index contributed by atoms with van der Waals surface area (Å²) in [6.45, 7) is 8.02. The fourth-order valence-electron chi connectivity index (χ4n) is 3.17. The first-order chi connectivity index (χ1) is 18.2. The van der Waals surface area contributed by atoms with Crippen LogP contribution in [-0.2, 0) is 10.1 Å². The minimum Gasteiger partial charge on any atom is -0.493 e. The Labute approximate surface area is 235 Å². The number of benzene rings is 3. The zero-order valence-corrected chi connectivity index (χ0v) is 24.0. The van der Waals surface area contributed by atoms with E-state index >= 15 is 0 Å². The summed E-state index contributed by atoms with van der Waals surface area (Å²) < 4.78 is 47.9. The molecule has 0 aliphatic rings. The number of nitrogens with one attached hydrogen (secondary N) is 1. The molecule has 0 spiro atoms. The molecule has 0 saturated carbocycles. The molecule has 3 rings (SSSR count). The van der Waals surface area contributed by atoms with Gasteiger partial charge in [-0.2, -0.15) is 13.5 Å². The normalized spacial score (nSPS) is 11.2. The highest BCUT2D eigenvalue weighted by molar-refractivity contribution is 14.1. The molecular formula is C27H27IN2O7S. The fraction of sp³-hybridized carbons (Fsp3) is 0.185. The third-order valence-electron chi connectivity index (χ3n) is 5.00.